The number of benzene rings is 2. The van der Waals surface area contributed by atoms with Gasteiger partial charge in [-0.05, 0) is 49.2 Å². The maximum Gasteiger partial charge on any atom is 0.264 e. The molecule has 2 aromatic carbocycles. The van der Waals surface area contributed by atoms with E-state index in [9.17, 15) is 8.42 Å². The Balaban J connectivity index is 1.98. The SMILES string of the molecule is CCOCCCNCC1c2ccccc2N(C)S(=O)(=O)c2cc(Cl)ccc21. The van der Waals surface area contributed by atoms with E-state index in [4.69, 9.17) is 16.3 Å². The molecule has 1 heterocycles. The third-order valence-corrected chi connectivity index (χ3v) is 6.90. The van der Waals surface area contributed by atoms with Gasteiger partial charge in [0, 0.05) is 37.7 Å². The molecule has 0 saturated carbocycles. The van der Waals surface area contributed by atoms with Crippen molar-refractivity contribution in [2.45, 2.75) is 24.2 Å². The molecule has 1 aliphatic rings. The van der Waals surface area contributed by atoms with Gasteiger partial charge in [-0.25, -0.2) is 8.42 Å². The number of hydrogen-bond donors (Lipinski definition) is 1. The molecule has 0 aliphatic carbocycles. The van der Waals surface area contributed by atoms with E-state index < -0.39 is 10.0 Å². The summed E-state index contributed by atoms with van der Waals surface area (Å²) >= 11 is 6.13. The van der Waals surface area contributed by atoms with Crippen LogP contribution in [0.25, 0.3) is 0 Å². The van der Waals surface area contributed by atoms with E-state index in [1.807, 2.05) is 37.3 Å². The molecule has 0 bridgehead atoms. The van der Waals surface area contributed by atoms with E-state index in [-0.39, 0.29) is 10.8 Å². The van der Waals surface area contributed by atoms with Crippen molar-refractivity contribution in [1.82, 2.24) is 5.32 Å². The van der Waals surface area contributed by atoms with Gasteiger partial charge in [-0.1, -0.05) is 35.9 Å². The Hall–Kier alpha value is -1.60. The fourth-order valence-corrected chi connectivity index (χ4v) is 5.18. The molecule has 0 saturated heterocycles. The first-order chi connectivity index (χ1) is 13.0. The molecule has 0 radical (unpaired) electrons. The van der Waals surface area contributed by atoms with E-state index in [0.29, 0.717) is 30.5 Å². The molecule has 0 spiro atoms. The van der Waals surface area contributed by atoms with Crippen LogP contribution in [0, 0.1) is 0 Å². The summed E-state index contributed by atoms with van der Waals surface area (Å²) in [4.78, 5) is 0.273. The number of anilines is 1. The van der Waals surface area contributed by atoms with Gasteiger partial charge in [0.1, 0.15) is 0 Å². The van der Waals surface area contributed by atoms with E-state index >= 15 is 0 Å². The molecule has 0 fully saturated rings. The molecule has 7 heteroatoms. The molecular weight excluding hydrogens is 384 g/mol. The maximum absolute atomic E-state index is 13.2. The van der Waals surface area contributed by atoms with Crippen LogP contribution in [0.2, 0.25) is 5.02 Å². The van der Waals surface area contributed by atoms with Crippen LogP contribution in [0.1, 0.15) is 30.4 Å². The fraction of sp³-hybridized carbons (Fsp3) is 0.400. The first-order valence-corrected chi connectivity index (χ1v) is 10.9. The fourth-order valence-electron chi connectivity index (χ4n) is 3.44. The number of nitrogens with one attached hydrogen (secondary N) is 1. The highest BCUT2D eigenvalue weighted by atomic mass is 35.5. The summed E-state index contributed by atoms with van der Waals surface area (Å²) in [6.07, 6.45) is 0.911. The standard InChI is InChI=1S/C20H25ClN2O3S/c1-3-26-12-6-11-22-14-18-16-7-4-5-8-19(16)23(2)27(24,25)20-13-15(21)9-10-17(18)20/h4-5,7-10,13,18,22H,3,6,11-12,14H2,1-2H3. The van der Waals surface area contributed by atoms with Gasteiger partial charge in [0.25, 0.3) is 10.0 Å². The van der Waals surface area contributed by atoms with Gasteiger partial charge >= 0.3 is 0 Å². The van der Waals surface area contributed by atoms with E-state index in [1.54, 1.807) is 19.2 Å². The topological polar surface area (TPSA) is 58.6 Å². The summed E-state index contributed by atoms with van der Waals surface area (Å²) in [5.74, 6) is -0.0831. The molecule has 1 N–H and O–H groups in total. The van der Waals surface area contributed by atoms with Crippen molar-refractivity contribution in [3.8, 4) is 0 Å². The molecule has 1 atom stereocenters. The molecular formula is C20H25ClN2O3S. The van der Waals surface area contributed by atoms with Crippen LogP contribution in [0.4, 0.5) is 5.69 Å². The first-order valence-electron chi connectivity index (χ1n) is 9.12. The predicted molar refractivity (Wildman–Crippen MR) is 109 cm³/mol. The summed E-state index contributed by atoms with van der Waals surface area (Å²) in [5, 5.41) is 3.87. The summed E-state index contributed by atoms with van der Waals surface area (Å²) in [5.41, 5.74) is 2.46. The first kappa shape index (κ1) is 20.1. The Kier molecular flexibility index (Phi) is 6.42. The van der Waals surface area contributed by atoms with Crippen LogP contribution in [0.5, 0.6) is 0 Å². The van der Waals surface area contributed by atoms with Crippen molar-refractivity contribution >= 4 is 27.3 Å². The van der Waals surface area contributed by atoms with Crippen LogP contribution in [0.3, 0.4) is 0 Å². The Morgan fingerprint density at radius 3 is 2.74 bits per heavy atom. The normalized spacial score (nSPS) is 17.9. The predicted octanol–water partition coefficient (Wildman–Crippen LogP) is 3.63. The van der Waals surface area contributed by atoms with Crippen molar-refractivity contribution < 1.29 is 13.2 Å². The molecule has 0 aromatic heterocycles. The quantitative estimate of drug-likeness (QED) is 0.711. The van der Waals surface area contributed by atoms with Crippen LogP contribution in [-0.4, -0.2) is 41.8 Å². The van der Waals surface area contributed by atoms with Crippen molar-refractivity contribution in [3.05, 3.63) is 58.6 Å². The maximum atomic E-state index is 13.2. The zero-order chi connectivity index (χ0) is 19.4. The number of rotatable bonds is 7. The molecule has 2 aromatic rings. The van der Waals surface area contributed by atoms with Gasteiger partial charge < -0.3 is 10.1 Å². The highest BCUT2D eigenvalue weighted by Crippen LogP contribution is 2.41. The second-order valence-corrected chi connectivity index (χ2v) is 8.89. The number of para-hydroxylation sites is 1. The van der Waals surface area contributed by atoms with Crippen LogP contribution in [-0.2, 0) is 14.8 Å². The van der Waals surface area contributed by atoms with Crippen molar-refractivity contribution in [2.24, 2.45) is 0 Å². The lowest BCUT2D eigenvalue weighted by atomic mass is 9.90. The number of sulfonamides is 1. The Bertz CT molecular complexity index is 902. The smallest absolute Gasteiger partial charge is 0.264 e. The van der Waals surface area contributed by atoms with Crippen molar-refractivity contribution in [1.29, 1.82) is 0 Å². The number of fused-ring (bicyclic) bond motifs is 2. The zero-order valence-electron chi connectivity index (χ0n) is 15.6. The van der Waals surface area contributed by atoms with Crippen LogP contribution < -0.4 is 9.62 Å². The lowest BCUT2D eigenvalue weighted by Crippen LogP contribution is -2.26. The van der Waals surface area contributed by atoms with Gasteiger partial charge in [0.2, 0.25) is 0 Å². The second kappa shape index (κ2) is 8.61. The summed E-state index contributed by atoms with van der Waals surface area (Å²) < 4.78 is 33.1. The summed E-state index contributed by atoms with van der Waals surface area (Å²) in [6.45, 7) is 4.86. The number of nitrogens with zero attached hydrogens (tertiary/aromatic N) is 1. The molecule has 1 unspecified atom stereocenters. The Morgan fingerprint density at radius 2 is 1.96 bits per heavy atom. The average molecular weight is 409 g/mol. The van der Waals surface area contributed by atoms with Crippen molar-refractivity contribution in [2.75, 3.05) is 37.7 Å². The summed E-state index contributed by atoms with van der Waals surface area (Å²) in [6, 6.07) is 12.8. The molecule has 0 amide bonds. The summed E-state index contributed by atoms with van der Waals surface area (Å²) in [7, 11) is -2.07. The minimum absolute atomic E-state index is 0.0831. The van der Waals surface area contributed by atoms with E-state index in [2.05, 4.69) is 5.32 Å². The Morgan fingerprint density at radius 1 is 1.19 bits per heavy atom. The highest BCUT2D eigenvalue weighted by molar-refractivity contribution is 7.92. The van der Waals surface area contributed by atoms with Gasteiger partial charge in [0.15, 0.2) is 0 Å². The van der Waals surface area contributed by atoms with E-state index in [0.717, 1.165) is 24.1 Å². The Labute approximate surface area is 166 Å². The largest absolute Gasteiger partial charge is 0.382 e. The molecule has 5 nitrogen and oxygen atoms in total. The van der Waals surface area contributed by atoms with E-state index in [1.165, 1.54) is 4.31 Å². The number of ether oxygens (including phenoxy) is 1. The number of hydrogen-bond acceptors (Lipinski definition) is 4. The lowest BCUT2D eigenvalue weighted by Gasteiger charge is -2.21. The number of halogens is 1. The van der Waals surface area contributed by atoms with Gasteiger partial charge in [-0.2, -0.15) is 0 Å². The van der Waals surface area contributed by atoms with Crippen LogP contribution in [0.15, 0.2) is 47.4 Å². The third kappa shape index (κ3) is 4.14. The average Bonchev–Trinajstić information content (AvgIpc) is 2.73. The van der Waals surface area contributed by atoms with Gasteiger partial charge in [-0.3, -0.25) is 4.31 Å². The minimum Gasteiger partial charge on any atom is -0.382 e. The van der Waals surface area contributed by atoms with Crippen molar-refractivity contribution in [3.63, 3.8) is 0 Å². The monoisotopic (exact) mass is 408 g/mol. The zero-order valence-corrected chi connectivity index (χ0v) is 17.2. The van der Waals surface area contributed by atoms with Gasteiger partial charge in [-0.15, -0.1) is 0 Å². The van der Waals surface area contributed by atoms with Gasteiger partial charge in [0.05, 0.1) is 10.6 Å². The molecule has 146 valence electrons. The second-order valence-electron chi connectivity index (χ2n) is 6.52. The van der Waals surface area contributed by atoms with Crippen LogP contribution >= 0.6 is 11.6 Å². The lowest BCUT2D eigenvalue weighted by molar-refractivity contribution is 0.145. The minimum atomic E-state index is -3.67. The third-order valence-electron chi connectivity index (χ3n) is 4.84. The highest BCUT2D eigenvalue weighted by Gasteiger charge is 2.34. The molecule has 3 rings (SSSR count). The molecule has 27 heavy (non-hydrogen) atoms. The molecule has 1 aliphatic heterocycles.